The van der Waals surface area contributed by atoms with Crippen LogP contribution in [0.15, 0.2) is 18.5 Å². The van der Waals surface area contributed by atoms with E-state index in [-0.39, 0.29) is 0 Å². The van der Waals surface area contributed by atoms with Gasteiger partial charge in [0.25, 0.3) is 0 Å². The second kappa shape index (κ2) is 7.28. The minimum Gasteiger partial charge on any atom is -0.492 e. The highest BCUT2D eigenvalue weighted by molar-refractivity contribution is 6.18. The fourth-order valence-corrected chi connectivity index (χ4v) is 2.26. The topological polar surface area (TPSA) is 22.1 Å². The molecule has 0 radical (unpaired) electrons. The van der Waals surface area contributed by atoms with E-state index in [9.17, 15) is 0 Å². The zero-order valence-corrected chi connectivity index (χ0v) is 11.2. The summed E-state index contributed by atoms with van der Waals surface area (Å²) in [5.74, 6) is 8.14. The van der Waals surface area contributed by atoms with Crippen molar-refractivity contribution in [2.75, 3.05) is 12.5 Å². The Morgan fingerprint density at radius 3 is 2.94 bits per heavy atom. The minimum atomic E-state index is 0.568. The Bertz CT molecular complexity index is 430. The van der Waals surface area contributed by atoms with Crippen LogP contribution in [0.1, 0.15) is 37.7 Å². The summed E-state index contributed by atoms with van der Waals surface area (Å²) in [6.07, 6.45) is 9.48. The lowest BCUT2D eigenvalue weighted by Crippen LogP contribution is -2.08. The molecule has 0 saturated heterocycles. The van der Waals surface area contributed by atoms with Crippen LogP contribution in [0, 0.1) is 17.8 Å². The van der Waals surface area contributed by atoms with Crippen LogP contribution in [-0.2, 0) is 0 Å². The van der Waals surface area contributed by atoms with Gasteiger partial charge < -0.3 is 4.74 Å². The van der Waals surface area contributed by atoms with Gasteiger partial charge in [-0.25, -0.2) is 0 Å². The third-order valence-corrected chi connectivity index (χ3v) is 3.31. The summed E-state index contributed by atoms with van der Waals surface area (Å²) in [5.41, 5.74) is 0.893. The molecule has 1 saturated carbocycles. The molecule has 2 rings (SSSR count). The zero-order chi connectivity index (χ0) is 12.6. The van der Waals surface area contributed by atoms with E-state index in [1.807, 2.05) is 6.07 Å². The summed E-state index contributed by atoms with van der Waals surface area (Å²) in [6.45, 7) is 0.806. The Kier molecular flexibility index (Phi) is 5.36. The fraction of sp³-hybridized carbons (Fsp3) is 0.533. The second-order valence-electron chi connectivity index (χ2n) is 4.61. The Hall–Kier alpha value is -1.20. The van der Waals surface area contributed by atoms with Crippen molar-refractivity contribution in [1.29, 1.82) is 0 Å². The highest BCUT2D eigenvalue weighted by Gasteiger charge is 2.15. The molecule has 0 N–H and O–H groups in total. The number of hydrogen-bond acceptors (Lipinski definition) is 2. The molecule has 0 amide bonds. The number of halogens is 1. The average molecular weight is 264 g/mol. The maximum atomic E-state index is 5.78. The largest absolute Gasteiger partial charge is 0.492 e. The first-order valence-corrected chi connectivity index (χ1v) is 7.04. The van der Waals surface area contributed by atoms with Gasteiger partial charge >= 0.3 is 0 Å². The molecule has 1 aromatic rings. The van der Waals surface area contributed by atoms with Gasteiger partial charge in [0.2, 0.25) is 0 Å². The summed E-state index contributed by atoms with van der Waals surface area (Å²) < 4.78 is 5.78. The molecular formula is C15H18ClNO. The first-order valence-electron chi connectivity index (χ1n) is 6.51. The molecule has 0 aliphatic heterocycles. The van der Waals surface area contributed by atoms with Crippen molar-refractivity contribution < 1.29 is 4.74 Å². The van der Waals surface area contributed by atoms with Gasteiger partial charge in [0, 0.05) is 24.1 Å². The molecule has 96 valence electrons. The number of ether oxygens (including phenoxy) is 1. The van der Waals surface area contributed by atoms with Crippen molar-refractivity contribution in [3.63, 3.8) is 0 Å². The summed E-state index contributed by atoms with van der Waals surface area (Å²) >= 11 is 5.58. The van der Waals surface area contributed by atoms with Gasteiger partial charge in [-0.3, -0.25) is 4.98 Å². The number of nitrogens with zero attached hydrogens (tertiary/aromatic N) is 1. The standard InChI is InChI=1S/C15H18ClNO/c16-8-4-3-7-14-9-15(11-17-10-14)18-12-13-5-1-2-6-13/h9-11,13H,1-2,4-6,8,12H2. The Labute approximate surface area is 114 Å². The zero-order valence-electron chi connectivity index (χ0n) is 10.5. The molecule has 1 aromatic heterocycles. The molecule has 1 aliphatic rings. The maximum Gasteiger partial charge on any atom is 0.138 e. The van der Waals surface area contributed by atoms with Gasteiger partial charge in [-0.05, 0) is 24.8 Å². The van der Waals surface area contributed by atoms with Crippen LogP contribution in [0.5, 0.6) is 5.75 Å². The van der Waals surface area contributed by atoms with Crippen molar-refractivity contribution in [2.45, 2.75) is 32.1 Å². The summed E-state index contributed by atoms with van der Waals surface area (Å²) in [6, 6.07) is 1.95. The summed E-state index contributed by atoms with van der Waals surface area (Å²) in [5, 5.41) is 0. The molecule has 1 fully saturated rings. The van der Waals surface area contributed by atoms with Gasteiger partial charge in [-0.15, -0.1) is 11.6 Å². The molecular weight excluding hydrogens is 246 g/mol. The van der Waals surface area contributed by atoms with E-state index in [1.165, 1.54) is 25.7 Å². The van der Waals surface area contributed by atoms with E-state index in [2.05, 4.69) is 16.8 Å². The van der Waals surface area contributed by atoms with Crippen LogP contribution in [-0.4, -0.2) is 17.5 Å². The van der Waals surface area contributed by atoms with E-state index in [4.69, 9.17) is 16.3 Å². The first-order chi connectivity index (χ1) is 8.88. The summed E-state index contributed by atoms with van der Waals surface area (Å²) in [7, 11) is 0. The molecule has 1 aliphatic carbocycles. The molecule has 18 heavy (non-hydrogen) atoms. The summed E-state index contributed by atoms with van der Waals surface area (Å²) in [4.78, 5) is 4.15. The van der Waals surface area contributed by atoms with Crippen LogP contribution in [0.2, 0.25) is 0 Å². The Morgan fingerprint density at radius 2 is 2.17 bits per heavy atom. The van der Waals surface area contributed by atoms with Gasteiger partial charge in [0.1, 0.15) is 5.75 Å². The molecule has 3 heteroatoms. The lowest BCUT2D eigenvalue weighted by atomic mass is 10.1. The molecule has 0 aromatic carbocycles. The third kappa shape index (κ3) is 4.23. The second-order valence-corrected chi connectivity index (χ2v) is 4.99. The SMILES string of the molecule is ClCCC#Cc1cncc(OCC2CCCC2)c1. The van der Waals surface area contributed by atoms with Crippen LogP contribution in [0.3, 0.4) is 0 Å². The Morgan fingerprint density at radius 1 is 1.33 bits per heavy atom. The number of rotatable bonds is 4. The smallest absolute Gasteiger partial charge is 0.138 e. The van der Waals surface area contributed by atoms with Crippen molar-refractivity contribution in [2.24, 2.45) is 5.92 Å². The number of alkyl halides is 1. The highest BCUT2D eigenvalue weighted by Crippen LogP contribution is 2.25. The highest BCUT2D eigenvalue weighted by atomic mass is 35.5. The number of hydrogen-bond donors (Lipinski definition) is 0. The molecule has 1 heterocycles. The van der Waals surface area contributed by atoms with E-state index >= 15 is 0 Å². The van der Waals surface area contributed by atoms with Crippen LogP contribution in [0.25, 0.3) is 0 Å². The maximum absolute atomic E-state index is 5.78. The average Bonchev–Trinajstić information content (AvgIpc) is 2.90. The lowest BCUT2D eigenvalue weighted by molar-refractivity contribution is 0.251. The van der Waals surface area contributed by atoms with Crippen LogP contribution in [0.4, 0.5) is 0 Å². The van der Waals surface area contributed by atoms with E-state index in [0.29, 0.717) is 12.3 Å². The molecule has 0 atom stereocenters. The van der Waals surface area contributed by atoms with E-state index in [0.717, 1.165) is 23.8 Å². The molecule has 0 spiro atoms. The van der Waals surface area contributed by atoms with Crippen LogP contribution < -0.4 is 4.74 Å². The number of pyridine rings is 1. The van der Waals surface area contributed by atoms with E-state index < -0.39 is 0 Å². The third-order valence-electron chi connectivity index (χ3n) is 3.13. The molecule has 0 unspecified atom stereocenters. The molecule has 2 nitrogen and oxygen atoms in total. The minimum absolute atomic E-state index is 0.568. The van der Waals surface area contributed by atoms with Gasteiger partial charge in [0.05, 0.1) is 12.8 Å². The first kappa shape index (κ1) is 13.2. The predicted octanol–water partition coefficient (Wildman–Crippen LogP) is 3.63. The van der Waals surface area contributed by atoms with Crippen molar-refractivity contribution >= 4 is 11.6 Å². The fourth-order valence-electron chi connectivity index (χ4n) is 2.17. The van der Waals surface area contributed by atoms with Crippen LogP contribution >= 0.6 is 11.6 Å². The van der Waals surface area contributed by atoms with Gasteiger partial charge in [0.15, 0.2) is 0 Å². The normalized spacial score (nSPS) is 15.2. The Balaban J connectivity index is 1.88. The lowest BCUT2D eigenvalue weighted by Gasteiger charge is -2.10. The van der Waals surface area contributed by atoms with Gasteiger partial charge in [-0.2, -0.15) is 0 Å². The quantitative estimate of drug-likeness (QED) is 0.611. The van der Waals surface area contributed by atoms with Crippen molar-refractivity contribution in [3.05, 3.63) is 24.0 Å². The van der Waals surface area contributed by atoms with Crippen molar-refractivity contribution in [3.8, 4) is 17.6 Å². The van der Waals surface area contributed by atoms with E-state index in [1.54, 1.807) is 12.4 Å². The van der Waals surface area contributed by atoms with Gasteiger partial charge in [-0.1, -0.05) is 24.7 Å². The number of aromatic nitrogens is 1. The molecule has 0 bridgehead atoms. The predicted molar refractivity (Wildman–Crippen MR) is 73.9 cm³/mol. The monoisotopic (exact) mass is 263 g/mol. The van der Waals surface area contributed by atoms with Crippen molar-refractivity contribution in [1.82, 2.24) is 4.98 Å².